The summed E-state index contributed by atoms with van der Waals surface area (Å²) in [5.74, 6) is 0.325. The summed E-state index contributed by atoms with van der Waals surface area (Å²) in [7, 11) is 0. The lowest BCUT2D eigenvalue weighted by Gasteiger charge is -2.37. The minimum Gasteiger partial charge on any atom is -0.342 e. The van der Waals surface area contributed by atoms with Crippen LogP contribution in [0.3, 0.4) is 0 Å². The van der Waals surface area contributed by atoms with Gasteiger partial charge in [-0.05, 0) is 33.1 Å². The van der Waals surface area contributed by atoms with Crippen LogP contribution in [0.1, 0.15) is 33.1 Å². The third kappa shape index (κ3) is 3.68. The van der Waals surface area contributed by atoms with E-state index < -0.39 is 0 Å². The maximum Gasteiger partial charge on any atom is 0.236 e. The Hall–Kier alpha value is -0.610. The highest BCUT2D eigenvalue weighted by atomic mass is 16.2. The summed E-state index contributed by atoms with van der Waals surface area (Å²) < 4.78 is 0. The van der Waals surface area contributed by atoms with E-state index in [4.69, 9.17) is 0 Å². The molecule has 0 bridgehead atoms. The normalized spacial score (nSPS) is 31.5. The molecule has 2 atom stereocenters. The molecule has 2 rings (SSSR count). The van der Waals surface area contributed by atoms with Crippen LogP contribution in [0.4, 0.5) is 0 Å². The minimum atomic E-state index is 0.325. The van der Waals surface area contributed by atoms with Gasteiger partial charge in [-0.1, -0.05) is 0 Å². The van der Waals surface area contributed by atoms with Crippen molar-refractivity contribution in [3.63, 3.8) is 0 Å². The molecule has 0 aromatic heterocycles. The number of piperidine rings is 1. The molecule has 98 valence electrons. The second-order valence-corrected chi connectivity index (χ2v) is 5.60. The number of hydrogen-bond acceptors (Lipinski definition) is 3. The Bertz CT molecular complexity index is 253. The molecule has 2 aliphatic heterocycles. The Morgan fingerprint density at radius 3 is 2.29 bits per heavy atom. The number of carbonyl (C=O) groups excluding carboxylic acids is 1. The lowest BCUT2D eigenvalue weighted by Crippen LogP contribution is -2.56. The fourth-order valence-corrected chi connectivity index (χ4v) is 3.00. The maximum absolute atomic E-state index is 12.1. The zero-order valence-corrected chi connectivity index (χ0v) is 11.1. The van der Waals surface area contributed by atoms with Crippen LogP contribution < -0.4 is 5.32 Å². The Morgan fingerprint density at radius 2 is 1.71 bits per heavy atom. The molecule has 2 fully saturated rings. The highest BCUT2D eigenvalue weighted by molar-refractivity contribution is 5.78. The first-order valence-corrected chi connectivity index (χ1v) is 6.91. The van der Waals surface area contributed by atoms with Crippen molar-refractivity contribution in [2.24, 2.45) is 0 Å². The number of hydrogen-bond donors (Lipinski definition) is 1. The number of rotatable bonds is 2. The number of amides is 1. The molecule has 1 N–H and O–H groups in total. The monoisotopic (exact) mass is 239 g/mol. The lowest BCUT2D eigenvalue weighted by atomic mass is 10.1. The molecule has 0 aliphatic carbocycles. The molecule has 2 unspecified atom stereocenters. The molecule has 0 radical (unpaired) electrons. The van der Waals surface area contributed by atoms with Crippen molar-refractivity contribution in [1.29, 1.82) is 0 Å². The quantitative estimate of drug-likeness (QED) is 0.770. The number of carbonyl (C=O) groups is 1. The first-order valence-electron chi connectivity index (χ1n) is 6.91. The lowest BCUT2D eigenvalue weighted by molar-refractivity contribution is -0.133. The summed E-state index contributed by atoms with van der Waals surface area (Å²) in [4.78, 5) is 16.5. The van der Waals surface area contributed by atoms with Crippen molar-refractivity contribution < 1.29 is 4.79 Å². The third-order valence-corrected chi connectivity index (χ3v) is 3.70. The molecule has 4 nitrogen and oxygen atoms in total. The Morgan fingerprint density at radius 1 is 1.12 bits per heavy atom. The van der Waals surface area contributed by atoms with Gasteiger partial charge >= 0.3 is 0 Å². The van der Waals surface area contributed by atoms with E-state index >= 15 is 0 Å². The van der Waals surface area contributed by atoms with Crippen LogP contribution in [0, 0.1) is 0 Å². The predicted molar refractivity (Wildman–Crippen MR) is 68.9 cm³/mol. The van der Waals surface area contributed by atoms with Gasteiger partial charge in [0.05, 0.1) is 6.54 Å². The Balaban J connectivity index is 1.80. The Kier molecular flexibility index (Phi) is 4.40. The standard InChI is InChI=1S/C13H25N3O/c1-11-8-15(9-12(2)14-11)10-13(17)16-6-4-3-5-7-16/h11-12,14H,3-10H2,1-2H3. The molecular weight excluding hydrogens is 214 g/mol. The third-order valence-electron chi connectivity index (χ3n) is 3.70. The highest BCUT2D eigenvalue weighted by Gasteiger charge is 2.24. The predicted octanol–water partition coefficient (Wildman–Crippen LogP) is 0.681. The van der Waals surface area contributed by atoms with Crippen LogP contribution in [0.15, 0.2) is 0 Å². The van der Waals surface area contributed by atoms with Gasteiger partial charge in [0.15, 0.2) is 0 Å². The van der Waals surface area contributed by atoms with Crippen LogP contribution >= 0.6 is 0 Å². The molecule has 1 amide bonds. The number of piperazine rings is 1. The van der Waals surface area contributed by atoms with Gasteiger partial charge in [-0.3, -0.25) is 9.69 Å². The molecule has 0 spiro atoms. The summed E-state index contributed by atoms with van der Waals surface area (Å²) in [5, 5.41) is 3.50. The summed E-state index contributed by atoms with van der Waals surface area (Å²) in [6.45, 7) is 8.90. The summed E-state index contributed by atoms with van der Waals surface area (Å²) in [5.41, 5.74) is 0. The van der Waals surface area contributed by atoms with E-state index in [2.05, 4.69) is 24.1 Å². The average Bonchev–Trinajstić information content (AvgIpc) is 2.28. The molecule has 2 heterocycles. The van der Waals surface area contributed by atoms with Crippen LogP contribution in [-0.2, 0) is 4.79 Å². The van der Waals surface area contributed by atoms with Crippen molar-refractivity contribution in [3.8, 4) is 0 Å². The second kappa shape index (κ2) is 5.83. The first-order chi connectivity index (χ1) is 8.15. The summed E-state index contributed by atoms with van der Waals surface area (Å²) >= 11 is 0. The molecule has 2 aliphatic rings. The first kappa shape index (κ1) is 12.8. The second-order valence-electron chi connectivity index (χ2n) is 5.60. The summed E-state index contributed by atoms with van der Waals surface area (Å²) in [6, 6.07) is 0.987. The topological polar surface area (TPSA) is 35.6 Å². The number of likely N-dealkylation sites (tertiary alicyclic amines) is 1. The van der Waals surface area contributed by atoms with Gasteiger partial charge < -0.3 is 10.2 Å². The smallest absolute Gasteiger partial charge is 0.236 e. The van der Waals surface area contributed by atoms with Crippen LogP contribution in [-0.4, -0.2) is 60.5 Å². The number of nitrogens with one attached hydrogen (secondary N) is 1. The van der Waals surface area contributed by atoms with Gasteiger partial charge in [-0.2, -0.15) is 0 Å². The van der Waals surface area contributed by atoms with Crippen LogP contribution in [0.5, 0.6) is 0 Å². The fourth-order valence-electron chi connectivity index (χ4n) is 3.00. The van der Waals surface area contributed by atoms with E-state index in [1.54, 1.807) is 0 Å². The van der Waals surface area contributed by atoms with E-state index in [0.29, 0.717) is 24.5 Å². The van der Waals surface area contributed by atoms with E-state index in [-0.39, 0.29) is 0 Å². The van der Waals surface area contributed by atoms with Crippen molar-refractivity contribution in [2.45, 2.75) is 45.2 Å². The zero-order chi connectivity index (χ0) is 12.3. The molecule has 4 heteroatoms. The molecular formula is C13H25N3O. The van der Waals surface area contributed by atoms with Gasteiger partial charge in [0.2, 0.25) is 5.91 Å². The van der Waals surface area contributed by atoms with Gasteiger partial charge in [-0.15, -0.1) is 0 Å². The highest BCUT2D eigenvalue weighted by Crippen LogP contribution is 2.10. The molecule has 0 aromatic carbocycles. The van der Waals surface area contributed by atoms with E-state index in [0.717, 1.165) is 26.2 Å². The van der Waals surface area contributed by atoms with E-state index in [1.807, 2.05) is 4.90 Å². The largest absolute Gasteiger partial charge is 0.342 e. The van der Waals surface area contributed by atoms with Crippen LogP contribution in [0.25, 0.3) is 0 Å². The SMILES string of the molecule is CC1CN(CC(=O)N2CCCCC2)CC(C)N1. The van der Waals surface area contributed by atoms with Gasteiger partial charge in [0.25, 0.3) is 0 Å². The van der Waals surface area contributed by atoms with Crippen molar-refractivity contribution >= 4 is 5.91 Å². The molecule has 0 aromatic rings. The Labute approximate surface area is 104 Å². The zero-order valence-electron chi connectivity index (χ0n) is 11.1. The van der Waals surface area contributed by atoms with Crippen molar-refractivity contribution in [2.75, 3.05) is 32.7 Å². The molecule has 2 saturated heterocycles. The van der Waals surface area contributed by atoms with Gasteiger partial charge in [0, 0.05) is 38.3 Å². The van der Waals surface area contributed by atoms with E-state index in [9.17, 15) is 4.79 Å². The van der Waals surface area contributed by atoms with Crippen molar-refractivity contribution in [3.05, 3.63) is 0 Å². The van der Waals surface area contributed by atoms with Crippen molar-refractivity contribution in [1.82, 2.24) is 15.1 Å². The van der Waals surface area contributed by atoms with Gasteiger partial charge in [0.1, 0.15) is 0 Å². The average molecular weight is 239 g/mol. The van der Waals surface area contributed by atoms with Crippen LogP contribution in [0.2, 0.25) is 0 Å². The molecule has 17 heavy (non-hydrogen) atoms. The number of nitrogens with zero attached hydrogens (tertiary/aromatic N) is 2. The minimum absolute atomic E-state index is 0.325. The maximum atomic E-state index is 12.1. The fraction of sp³-hybridized carbons (Fsp3) is 0.923. The van der Waals surface area contributed by atoms with Gasteiger partial charge in [-0.25, -0.2) is 0 Å². The van der Waals surface area contributed by atoms with E-state index in [1.165, 1.54) is 19.3 Å². The summed E-state index contributed by atoms with van der Waals surface area (Å²) in [6.07, 6.45) is 3.64. The molecule has 0 saturated carbocycles.